The molecular weight excluding hydrogens is 254 g/mol. The van der Waals surface area contributed by atoms with E-state index in [1.165, 1.54) is 20.1 Å². The van der Waals surface area contributed by atoms with Crippen LogP contribution < -0.4 is 4.74 Å². The van der Waals surface area contributed by atoms with Gasteiger partial charge in [0.2, 0.25) is 0 Å². The van der Waals surface area contributed by atoms with E-state index in [0.717, 1.165) is 0 Å². The number of H-pyrrole nitrogens is 1. The molecule has 1 aromatic rings. The molecule has 0 saturated heterocycles. The van der Waals surface area contributed by atoms with Crippen molar-refractivity contribution in [3.8, 4) is 5.75 Å². The highest BCUT2D eigenvalue weighted by Gasteiger charge is 2.14. The number of hydrogen-bond donors (Lipinski definition) is 1. The zero-order chi connectivity index (χ0) is 10.7. The molecule has 0 fully saturated rings. The summed E-state index contributed by atoms with van der Waals surface area (Å²) in [6.45, 7) is 1.28. The average molecular weight is 262 g/mol. The highest BCUT2D eigenvalue weighted by Crippen LogP contribution is 2.25. The summed E-state index contributed by atoms with van der Waals surface area (Å²) in [5.41, 5.74) is 0.218. The Morgan fingerprint density at radius 2 is 2.14 bits per heavy atom. The highest BCUT2D eigenvalue weighted by molar-refractivity contribution is 9.10. The van der Waals surface area contributed by atoms with E-state index in [1.807, 2.05) is 0 Å². The minimum absolute atomic E-state index is 0.218. The molecule has 0 radical (unpaired) electrons. The van der Waals surface area contributed by atoms with Gasteiger partial charge in [-0.2, -0.15) is 0 Å². The summed E-state index contributed by atoms with van der Waals surface area (Å²) in [7, 11) is 1.27. The second-order valence-electron chi connectivity index (χ2n) is 2.45. The lowest BCUT2D eigenvalue weighted by Crippen LogP contribution is -2.01. The van der Waals surface area contributed by atoms with Crippen molar-refractivity contribution >= 4 is 27.9 Å². The van der Waals surface area contributed by atoms with Crippen molar-refractivity contribution in [3.63, 3.8) is 0 Å². The summed E-state index contributed by atoms with van der Waals surface area (Å²) in [4.78, 5) is 24.4. The van der Waals surface area contributed by atoms with Crippen molar-refractivity contribution in [1.82, 2.24) is 4.98 Å². The predicted octanol–water partition coefficient (Wildman–Crippen LogP) is 1.49. The first-order chi connectivity index (χ1) is 6.54. The number of rotatable bonds is 2. The van der Waals surface area contributed by atoms with Crippen LogP contribution in [0.3, 0.4) is 0 Å². The van der Waals surface area contributed by atoms with Crippen LogP contribution in [-0.4, -0.2) is 24.0 Å². The second-order valence-corrected chi connectivity index (χ2v) is 3.24. The molecule has 0 aromatic carbocycles. The van der Waals surface area contributed by atoms with E-state index in [-0.39, 0.29) is 11.4 Å². The number of carbonyl (C=O) groups excluding carboxylic acids is 2. The van der Waals surface area contributed by atoms with E-state index in [4.69, 9.17) is 4.74 Å². The maximum Gasteiger partial charge on any atom is 0.354 e. The van der Waals surface area contributed by atoms with E-state index in [1.54, 1.807) is 0 Å². The standard InChI is InChI=1S/C8H8BrNO4/c1-4(11)14-6-3-5(8(12)13-2)10-7(6)9/h3,10H,1-2H3. The van der Waals surface area contributed by atoms with Gasteiger partial charge in [0.15, 0.2) is 5.75 Å². The third kappa shape index (κ3) is 2.35. The number of esters is 2. The number of hydrogen-bond acceptors (Lipinski definition) is 4. The smallest absolute Gasteiger partial charge is 0.354 e. The molecule has 0 amide bonds. The molecule has 0 aliphatic carbocycles. The molecule has 0 aliphatic heterocycles. The van der Waals surface area contributed by atoms with Gasteiger partial charge in [-0.3, -0.25) is 4.79 Å². The summed E-state index contributed by atoms with van der Waals surface area (Å²) in [6.07, 6.45) is 0. The molecule has 1 N–H and O–H groups in total. The minimum Gasteiger partial charge on any atom is -0.464 e. The van der Waals surface area contributed by atoms with Crippen molar-refractivity contribution in [3.05, 3.63) is 16.4 Å². The monoisotopic (exact) mass is 261 g/mol. The van der Waals surface area contributed by atoms with E-state index >= 15 is 0 Å². The summed E-state index contributed by atoms with van der Waals surface area (Å²) >= 11 is 3.10. The maximum atomic E-state index is 11.0. The number of halogens is 1. The first-order valence-corrected chi connectivity index (χ1v) is 4.49. The lowest BCUT2D eigenvalue weighted by Gasteiger charge is -1.95. The molecule has 1 aromatic heterocycles. The highest BCUT2D eigenvalue weighted by atomic mass is 79.9. The molecule has 6 heteroatoms. The minimum atomic E-state index is -0.524. The van der Waals surface area contributed by atoms with Crippen LogP contribution in [0.1, 0.15) is 17.4 Å². The molecule has 0 bridgehead atoms. The van der Waals surface area contributed by atoms with Crippen molar-refractivity contribution in [2.75, 3.05) is 7.11 Å². The van der Waals surface area contributed by atoms with Crippen LogP contribution in [-0.2, 0) is 9.53 Å². The van der Waals surface area contributed by atoms with Crippen molar-refractivity contribution < 1.29 is 19.1 Å². The van der Waals surface area contributed by atoms with Gasteiger partial charge >= 0.3 is 11.9 Å². The molecule has 0 unspecified atom stereocenters. The summed E-state index contributed by atoms with van der Waals surface area (Å²) in [5.74, 6) is -0.719. The summed E-state index contributed by atoms with van der Waals surface area (Å²) in [6, 6.07) is 1.39. The molecular formula is C8H8BrNO4. The molecule has 76 valence electrons. The Balaban J connectivity index is 2.93. The van der Waals surface area contributed by atoms with Crippen LogP contribution >= 0.6 is 15.9 Å². The lowest BCUT2D eigenvalue weighted by molar-refractivity contribution is -0.131. The number of ether oxygens (including phenoxy) is 2. The van der Waals surface area contributed by atoms with Crippen LogP contribution in [0.2, 0.25) is 0 Å². The molecule has 0 aliphatic rings. The van der Waals surface area contributed by atoms with Crippen LogP contribution in [0.5, 0.6) is 5.75 Å². The third-order valence-electron chi connectivity index (χ3n) is 1.40. The number of carbonyl (C=O) groups is 2. The van der Waals surface area contributed by atoms with E-state index in [0.29, 0.717) is 4.60 Å². The second kappa shape index (κ2) is 4.28. The van der Waals surface area contributed by atoms with Gasteiger partial charge in [0.05, 0.1) is 7.11 Å². The Labute approximate surface area is 88.5 Å². The number of aromatic amines is 1. The Morgan fingerprint density at radius 3 is 2.64 bits per heavy atom. The fourth-order valence-corrected chi connectivity index (χ4v) is 1.27. The first-order valence-electron chi connectivity index (χ1n) is 3.70. The maximum absolute atomic E-state index is 11.0. The van der Waals surface area contributed by atoms with Crippen molar-refractivity contribution in [2.24, 2.45) is 0 Å². The number of aromatic nitrogens is 1. The van der Waals surface area contributed by atoms with Crippen LogP contribution in [0.4, 0.5) is 0 Å². The van der Waals surface area contributed by atoms with Gasteiger partial charge in [0.25, 0.3) is 0 Å². The molecule has 0 saturated carbocycles. The molecule has 5 nitrogen and oxygen atoms in total. The topological polar surface area (TPSA) is 68.4 Å². The largest absolute Gasteiger partial charge is 0.464 e. The van der Waals surface area contributed by atoms with Gasteiger partial charge in [-0.1, -0.05) is 0 Å². The summed E-state index contributed by atoms with van der Waals surface area (Å²) in [5, 5.41) is 0. The predicted molar refractivity (Wildman–Crippen MR) is 51.1 cm³/mol. The van der Waals surface area contributed by atoms with Gasteiger partial charge in [-0.05, 0) is 15.9 Å². The van der Waals surface area contributed by atoms with Crippen LogP contribution in [0.15, 0.2) is 10.7 Å². The quantitative estimate of drug-likeness (QED) is 0.820. The van der Waals surface area contributed by atoms with E-state index < -0.39 is 11.9 Å². The van der Waals surface area contributed by atoms with E-state index in [2.05, 4.69) is 25.7 Å². The van der Waals surface area contributed by atoms with Crippen LogP contribution in [0.25, 0.3) is 0 Å². The van der Waals surface area contributed by atoms with Crippen molar-refractivity contribution in [2.45, 2.75) is 6.92 Å². The van der Waals surface area contributed by atoms with Gasteiger partial charge in [-0.15, -0.1) is 0 Å². The first kappa shape index (κ1) is 10.8. The SMILES string of the molecule is COC(=O)c1cc(OC(C)=O)c(Br)[nH]1. The number of methoxy groups -OCH3 is 1. The third-order valence-corrected chi connectivity index (χ3v) is 1.98. The Morgan fingerprint density at radius 1 is 1.50 bits per heavy atom. The van der Waals surface area contributed by atoms with Gasteiger partial charge in [0, 0.05) is 13.0 Å². The fraction of sp³-hybridized carbons (Fsp3) is 0.250. The fourth-order valence-electron chi connectivity index (χ4n) is 0.859. The molecule has 0 atom stereocenters. The van der Waals surface area contributed by atoms with Gasteiger partial charge in [0.1, 0.15) is 10.3 Å². The Hall–Kier alpha value is -1.30. The zero-order valence-corrected chi connectivity index (χ0v) is 9.17. The van der Waals surface area contributed by atoms with Gasteiger partial charge < -0.3 is 14.5 Å². The molecule has 14 heavy (non-hydrogen) atoms. The molecule has 1 heterocycles. The average Bonchev–Trinajstić information content (AvgIpc) is 2.46. The zero-order valence-electron chi connectivity index (χ0n) is 7.59. The molecule has 0 spiro atoms. The Bertz CT molecular complexity index is 371. The lowest BCUT2D eigenvalue weighted by atomic mass is 10.4. The van der Waals surface area contributed by atoms with Crippen molar-refractivity contribution in [1.29, 1.82) is 0 Å². The molecule has 1 rings (SSSR count). The Kier molecular flexibility index (Phi) is 3.29. The van der Waals surface area contributed by atoms with Gasteiger partial charge in [-0.25, -0.2) is 4.79 Å². The van der Waals surface area contributed by atoms with E-state index in [9.17, 15) is 9.59 Å². The van der Waals surface area contributed by atoms with Crippen LogP contribution in [0, 0.1) is 0 Å². The number of nitrogens with one attached hydrogen (secondary N) is 1. The normalized spacial score (nSPS) is 9.64. The summed E-state index contributed by atoms with van der Waals surface area (Å²) < 4.78 is 9.70.